The number of nitrogens with zero attached hydrogens (tertiary/aromatic N) is 2. The van der Waals surface area contributed by atoms with Gasteiger partial charge < -0.3 is 15.2 Å². The molecule has 0 fully saturated rings. The van der Waals surface area contributed by atoms with Gasteiger partial charge in [-0.3, -0.25) is 4.79 Å². The summed E-state index contributed by atoms with van der Waals surface area (Å²) in [5.41, 5.74) is 2.52. The molecule has 0 unspecified atom stereocenters. The van der Waals surface area contributed by atoms with E-state index in [0.29, 0.717) is 6.54 Å². The van der Waals surface area contributed by atoms with Crippen LogP contribution in [0.5, 0.6) is 0 Å². The maximum atomic E-state index is 11.6. The normalized spacial score (nSPS) is 10.9. The fourth-order valence-electron chi connectivity index (χ4n) is 2.58. The van der Waals surface area contributed by atoms with Gasteiger partial charge in [-0.1, -0.05) is 35.9 Å². The molecule has 0 aliphatic carbocycles. The molecule has 0 saturated heterocycles. The van der Waals surface area contributed by atoms with Gasteiger partial charge in [-0.2, -0.15) is 0 Å². The quantitative estimate of drug-likeness (QED) is 0.271. The molecule has 26 heavy (non-hydrogen) atoms. The summed E-state index contributed by atoms with van der Waals surface area (Å²) in [6, 6.07) is 13.7. The second-order valence-corrected chi connectivity index (χ2v) is 6.05. The van der Waals surface area contributed by atoms with E-state index in [0.717, 1.165) is 38.4 Å². The summed E-state index contributed by atoms with van der Waals surface area (Å²) in [4.78, 5) is 16.3. The Hall–Kier alpha value is -1.83. The summed E-state index contributed by atoms with van der Waals surface area (Å²) >= 11 is 0. The van der Waals surface area contributed by atoms with Crippen LogP contribution in [0.25, 0.3) is 0 Å². The molecular formula is C20H29IN4O. The highest BCUT2D eigenvalue weighted by atomic mass is 127. The van der Waals surface area contributed by atoms with Crippen LogP contribution in [0.4, 0.5) is 0 Å². The smallest absolute Gasteiger partial charge is 0.250 e. The van der Waals surface area contributed by atoms with Gasteiger partial charge in [0.05, 0.1) is 6.54 Å². The Labute approximate surface area is 173 Å². The molecule has 1 aromatic carbocycles. The van der Waals surface area contributed by atoms with Gasteiger partial charge in [0.1, 0.15) is 0 Å². The van der Waals surface area contributed by atoms with Crippen molar-refractivity contribution in [2.24, 2.45) is 4.99 Å². The van der Waals surface area contributed by atoms with Crippen molar-refractivity contribution >= 4 is 29.9 Å². The van der Waals surface area contributed by atoms with Crippen LogP contribution in [0, 0.1) is 6.92 Å². The summed E-state index contributed by atoms with van der Waals surface area (Å²) in [6.45, 7) is 7.23. The number of hydrogen-bond acceptors (Lipinski definition) is 2. The number of pyridine rings is 1. The van der Waals surface area contributed by atoms with Gasteiger partial charge >= 0.3 is 0 Å². The first-order valence-corrected chi connectivity index (χ1v) is 8.92. The fourth-order valence-corrected chi connectivity index (χ4v) is 2.58. The van der Waals surface area contributed by atoms with E-state index in [1.165, 1.54) is 11.1 Å². The topological polar surface area (TPSA) is 58.4 Å². The number of aromatic nitrogens is 1. The fraction of sp³-hybridized carbons (Fsp3) is 0.400. The van der Waals surface area contributed by atoms with Crippen LogP contribution in [-0.2, 0) is 13.1 Å². The van der Waals surface area contributed by atoms with Crippen molar-refractivity contribution in [3.8, 4) is 0 Å². The van der Waals surface area contributed by atoms with E-state index >= 15 is 0 Å². The molecule has 2 rings (SSSR count). The second kappa shape index (κ2) is 12.5. The van der Waals surface area contributed by atoms with Crippen LogP contribution in [0.3, 0.4) is 0 Å². The molecule has 0 bridgehead atoms. The number of unbranched alkanes of at least 4 members (excludes halogenated alkanes) is 1. The molecule has 6 heteroatoms. The van der Waals surface area contributed by atoms with Gasteiger partial charge in [0.15, 0.2) is 5.96 Å². The van der Waals surface area contributed by atoms with Gasteiger partial charge in [-0.15, -0.1) is 24.0 Å². The zero-order chi connectivity index (χ0) is 17.9. The van der Waals surface area contributed by atoms with Gasteiger partial charge in [0, 0.05) is 31.9 Å². The molecular weight excluding hydrogens is 439 g/mol. The van der Waals surface area contributed by atoms with E-state index in [4.69, 9.17) is 0 Å². The monoisotopic (exact) mass is 468 g/mol. The van der Waals surface area contributed by atoms with Crippen molar-refractivity contribution in [3.05, 3.63) is 70.1 Å². The molecule has 0 atom stereocenters. The lowest BCUT2D eigenvalue weighted by Gasteiger charge is -2.11. The Morgan fingerprint density at radius 3 is 2.69 bits per heavy atom. The van der Waals surface area contributed by atoms with Crippen molar-refractivity contribution in [2.75, 3.05) is 13.1 Å². The summed E-state index contributed by atoms with van der Waals surface area (Å²) < 4.78 is 1.75. The molecule has 0 radical (unpaired) electrons. The molecule has 0 amide bonds. The highest BCUT2D eigenvalue weighted by Crippen LogP contribution is 2.05. The lowest BCUT2D eigenvalue weighted by Crippen LogP contribution is -2.37. The van der Waals surface area contributed by atoms with E-state index in [9.17, 15) is 4.79 Å². The third-order valence-electron chi connectivity index (χ3n) is 3.86. The maximum absolute atomic E-state index is 11.6. The van der Waals surface area contributed by atoms with Crippen molar-refractivity contribution in [1.29, 1.82) is 0 Å². The predicted molar refractivity (Wildman–Crippen MR) is 119 cm³/mol. The van der Waals surface area contributed by atoms with Crippen LogP contribution < -0.4 is 16.2 Å². The number of halogens is 1. The molecule has 1 aromatic heterocycles. The van der Waals surface area contributed by atoms with E-state index in [-0.39, 0.29) is 29.5 Å². The third-order valence-corrected chi connectivity index (χ3v) is 3.86. The first-order valence-electron chi connectivity index (χ1n) is 8.92. The average molecular weight is 468 g/mol. The molecule has 5 nitrogen and oxygen atoms in total. The lowest BCUT2D eigenvalue weighted by atomic mass is 10.1. The average Bonchev–Trinajstić information content (AvgIpc) is 2.61. The molecule has 0 spiro atoms. The Balaban J connectivity index is 0.00000338. The number of aliphatic imine (C=N–C) groups is 1. The minimum Gasteiger partial charge on any atom is -0.357 e. The standard InChI is InChI=1S/C20H28N4O.HI/c1-3-21-20(23-16-18-10-8-9-17(2)15-18)22-12-5-7-14-24-13-6-4-11-19(24)25;/h4,6,8-11,13,15H,3,5,7,12,14,16H2,1-2H3,(H2,21,22,23);1H. The van der Waals surface area contributed by atoms with E-state index in [2.05, 4.69) is 53.7 Å². The largest absolute Gasteiger partial charge is 0.357 e. The Kier molecular flexibility index (Phi) is 10.7. The summed E-state index contributed by atoms with van der Waals surface area (Å²) in [5, 5.41) is 6.63. The van der Waals surface area contributed by atoms with E-state index in [1.54, 1.807) is 16.7 Å². The first-order chi connectivity index (χ1) is 12.2. The van der Waals surface area contributed by atoms with Crippen molar-refractivity contribution in [3.63, 3.8) is 0 Å². The SMILES string of the molecule is CCNC(=NCc1cccc(C)c1)NCCCCn1ccccc1=O.I. The summed E-state index contributed by atoms with van der Waals surface area (Å²) in [7, 11) is 0. The number of guanidine groups is 1. The zero-order valence-electron chi connectivity index (χ0n) is 15.6. The number of rotatable bonds is 8. The minimum atomic E-state index is 0. The van der Waals surface area contributed by atoms with E-state index < -0.39 is 0 Å². The molecule has 1 heterocycles. The van der Waals surface area contributed by atoms with Crippen LogP contribution in [0.15, 0.2) is 58.4 Å². The number of hydrogen-bond donors (Lipinski definition) is 2. The van der Waals surface area contributed by atoms with Crippen molar-refractivity contribution < 1.29 is 0 Å². The molecule has 142 valence electrons. The number of benzene rings is 1. The zero-order valence-corrected chi connectivity index (χ0v) is 17.9. The van der Waals surface area contributed by atoms with Crippen molar-refractivity contribution in [2.45, 2.75) is 39.8 Å². The summed E-state index contributed by atoms with van der Waals surface area (Å²) in [6.07, 6.45) is 3.77. The molecule has 0 aliphatic rings. The maximum Gasteiger partial charge on any atom is 0.250 e. The predicted octanol–water partition coefficient (Wildman–Crippen LogP) is 3.31. The number of aryl methyl sites for hydroxylation is 2. The highest BCUT2D eigenvalue weighted by molar-refractivity contribution is 14.0. The van der Waals surface area contributed by atoms with Crippen LogP contribution >= 0.6 is 24.0 Å². The molecule has 2 N–H and O–H groups in total. The van der Waals surface area contributed by atoms with Crippen LogP contribution in [0.1, 0.15) is 30.9 Å². The van der Waals surface area contributed by atoms with Gasteiger partial charge in [0.25, 0.3) is 0 Å². The lowest BCUT2D eigenvalue weighted by molar-refractivity contribution is 0.585. The second-order valence-electron chi connectivity index (χ2n) is 6.05. The molecule has 0 saturated carbocycles. The third kappa shape index (κ3) is 8.03. The van der Waals surface area contributed by atoms with Crippen LogP contribution in [-0.4, -0.2) is 23.6 Å². The summed E-state index contributed by atoms with van der Waals surface area (Å²) in [5.74, 6) is 0.834. The molecule has 0 aliphatic heterocycles. The Bertz CT molecular complexity index is 742. The highest BCUT2D eigenvalue weighted by Gasteiger charge is 1.99. The van der Waals surface area contributed by atoms with Crippen LogP contribution in [0.2, 0.25) is 0 Å². The Morgan fingerprint density at radius 2 is 1.96 bits per heavy atom. The van der Waals surface area contributed by atoms with Gasteiger partial charge in [-0.25, -0.2) is 4.99 Å². The first kappa shape index (κ1) is 22.2. The van der Waals surface area contributed by atoms with E-state index in [1.807, 2.05) is 12.3 Å². The van der Waals surface area contributed by atoms with Crippen molar-refractivity contribution in [1.82, 2.24) is 15.2 Å². The molecule has 2 aromatic rings. The minimum absolute atomic E-state index is 0. The van der Waals surface area contributed by atoms with Gasteiger partial charge in [0.2, 0.25) is 5.56 Å². The van der Waals surface area contributed by atoms with Gasteiger partial charge in [-0.05, 0) is 38.3 Å². The Morgan fingerprint density at radius 1 is 1.12 bits per heavy atom. The number of nitrogens with one attached hydrogen (secondary N) is 2.